The van der Waals surface area contributed by atoms with Crippen molar-refractivity contribution in [1.82, 2.24) is 29.6 Å². The van der Waals surface area contributed by atoms with Crippen LogP contribution in [0.5, 0.6) is 0 Å². The van der Waals surface area contributed by atoms with Crippen molar-refractivity contribution < 1.29 is 0 Å². The van der Waals surface area contributed by atoms with Crippen molar-refractivity contribution in [3.8, 4) is 17.1 Å². The third kappa shape index (κ3) is 3.96. The van der Waals surface area contributed by atoms with Crippen LogP contribution in [0.25, 0.3) is 28.1 Å². The van der Waals surface area contributed by atoms with Gasteiger partial charge in [-0.05, 0) is 62.3 Å². The van der Waals surface area contributed by atoms with E-state index in [2.05, 4.69) is 63.0 Å². The fraction of sp³-hybridized carbons (Fsp3) is 0.360. The van der Waals surface area contributed by atoms with Crippen LogP contribution in [0.3, 0.4) is 0 Å². The van der Waals surface area contributed by atoms with Crippen LogP contribution in [0.4, 0.5) is 5.69 Å². The van der Waals surface area contributed by atoms with Gasteiger partial charge in [0.2, 0.25) is 0 Å². The Bertz CT molecular complexity index is 1160. The molecule has 0 spiro atoms. The zero-order chi connectivity index (χ0) is 21.9. The summed E-state index contributed by atoms with van der Waals surface area (Å²) in [4.78, 5) is 18.4. The summed E-state index contributed by atoms with van der Waals surface area (Å²) in [5.41, 5.74) is 4.02. The molecule has 0 aliphatic carbocycles. The Kier molecular flexibility index (Phi) is 5.81. The van der Waals surface area contributed by atoms with Crippen LogP contribution in [0.2, 0.25) is 0 Å². The van der Waals surface area contributed by atoms with Crippen molar-refractivity contribution in [2.75, 3.05) is 31.1 Å². The molecule has 0 unspecified atom stereocenters. The minimum atomic E-state index is 0.675. The van der Waals surface area contributed by atoms with Crippen LogP contribution in [0.1, 0.15) is 26.7 Å². The summed E-state index contributed by atoms with van der Waals surface area (Å²) >= 11 is 0. The highest BCUT2D eigenvalue weighted by Gasteiger charge is 2.23. The number of rotatable bonds is 6. The van der Waals surface area contributed by atoms with Gasteiger partial charge in [0.25, 0.3) is 0 Å². The van der Waals surface area contributed by atoms with Crippen molar-refractivity contribution in [1.29, 1.82) is 0 Å². The van der Waals surface area contributed by atoms with E-state index in [-0.39, 0.29) is 0 Å². The zero-order valence-electron chi connectivity index (χ0n) is 18.7. The smallest absolute Gasteiger partial charge is 0.166 e. The lowest BCUT2D eigenvalue weighted by Gasteiger charge is -2.38. The minimum absolute atomic E-state index is 0.675. The number of nitrogens with zero attached hydrogens (tertiary/aromatic N) is 7. The van der Waals surface area contributed by atoms with Gasteiger partial charge in [-0.15, -0.1) is 0 Å². The van der Waals surface area contributed by atoms with Gasteiger partial charge in [-0.25, -0.2) is 14.6 Å². The zero-order valence-corrected chi connectivity index (χ0v) is 18.7. The second kappa shape index (κ2) is 9.04. The molecule has 1 aliphatic rings. The first-order valence-electron chi connectivity index (χ1n) is 11.5. The highest BCUT2D eigenvalue weighted by molar-refractivity contribution is 5.77. The van der Waals surface area contributed by atoms with E-state index < -0.39 is 0 Å². The number of hydrogen-bond acceptors (Lipinski definition) is 6. The number of pyridine rings is 1. The van der Waals surface area contributed by atoms with Gasteiger partial charge in [0.05, 0.1) is 17.3 Å². The summed E-state index contributed by atoms with van der Waals surface area (Å²) in [6.45, 7) is 9.01. The number of hydrogen-bond donors (Lipinski definition) is 0. The van der Waals surface area contributed by atoms with Gasteiger partial charge < -0.3 is 9.80 Å². The number of benzene rings is 1. The topological polar surface area (TPSA) is 63.0 Å². The van der Waals surface area contributed by atoms with Crippen molar-refractivity contribution in [3.05, 3.63) is 61.2 Å². The van der Waals surface area contributed by atoms with Crippen molar-refractivity contribution in [2.45, 2.75) is 32.7 Å². The van der Waals surface area contributed by atoms with E-state index in [1.165, 1.54) is 18.5 Å². The quantitative estimate of drug-likeness (QED) is 0.460. The molecule has 5 rings (SSSR count). The molecule has 0 bridgehead atoms. The summed E-state index contributed by atoms with van der Waals surface area (Å²) in [5, 5.41) is 5.49. The number of piperidine rings is 1. The molecule has 0 saturated carbocycles. The fourth-order valence-corrected chi connectivity index (χ4v) is 4.68. The maximum atomic E-state index is 4.78. The molecule has 3 aromatic heterocycles. The average molecular weight is 428 g/mol. The van der Waals surface area contributed by atoms with Crippen LogP contribution >= 0.6 is 0 Å². The molecule has 1 saturated heterocycles. The van der Waals surface area contributed by atoms with E-state index in [9.17, 15) is 0 Å². The molecule has 32 heavy (non-hydrogen) atoms. The van der Waals surface area contributed by atoms with Crippen LogP contribution < -0.4 is 4.90 Å². The standard InChI is InChI=1S/C25H29N7/c1-3-30(4-2)22-11-15-31(16-12-22)21-5-7-23(8-6-21)32-25-20(18-28-32)17-27-24(29-25)19-9-13-26-14-10-19/h5-10,13-14,17-18,22H,3-4,11-12,15-16H2,1-2H3. The normalized spacial score (nSPS) is 15.0. The molecule has 164 valence electrons. The molecule has 4 aromatic rings. The van der Waals surface area contributed by atoms with Crippen LogP contribution in [0.15, 0.2) is 61.2 Å². The predicted molar refractivity (Wildman–Crippen MR) is 128 cm³/mol. The Hall–Kier alpha value is -3.32. The molecule has 1 fully saturated rings. The third-order valence-electron chi connectivity index (χ3n) is 6.50. The molecule has 0 radical (unpaired) electrons. The molecule has 1 aliphatic heterocycles. The van der Waals surface area contributed by atoms with Gasteiger partial charge in [0.15, 0.2) is 11.5 Å². The first-order chi connectivity index (χ1) is 15.8. The Morgan fingerprint density at radius 3 is 2.28 bits per heavy atom. The van der Waals surface area contributed by atoms with Gasteiger partial charge in [0, 0.05) is 49.0 Å². The van der Waals surface area contributed by atoms with Crippen molar-refractivity contribution in [2.24, 2.45) is 0 Å². The van der Waals surface area contributed by atoms with Gasteiger partial charge in [0.1, 0.15) is 0 Å². The largest absolute Gasteiger partial charge is 0.371 e. The second-order valence-electron chi connectivity index (χ2n) is 8.22. The molecule has 0 amide bonds. The first kappa shape index (κ1) is 20.6. The third-order valence-corrected chi connectivity index (χ3v) is 6.50. The number of anilines is 1. The Morgan fingerprint density at radius 1 is 0.906 bits per heavy atom. The Labute approximate surface area is 188 Å². The lowest BCUT2D eigenvalue weighted by Crippen LogP contribution is -2.44. The van der Waals surface area contributed by atoms with Gasteiger partial charge in [-0.3, -0.25) is 4.98 Å². The van der Waals surface area contributed by atoms with Gasteiger partial charge in [-0.2, -0.15) is 5.10 Å². The van der Waals surface area contributed by atoms with Gasteiger partial charge >= 0.3 is 0 Å². The van der Waals surface area contributed by atoms with Gasteiger partial charge in [-0.1, -0.05) is 13.8 Å². The fourth-order valence-electron chi connectivity index (χ4n) is 4.68. The molecule has 1 aromatic carbocycles. The van der Waals surface area contributed by atoms with Crippen molar-refractivity contribution in [3.63, 3.8) is 0 Å². The van der Waals surface area contributed by atoms with E-state index in [4.69, 9.17) is 4.98 Å². The summed E-state index contributed by atoms with van der Waals surface area (Å²) in [6.07, 6.45) is 9.60. The highest BCUT2D eigenvalue weighted by Crippen LogP contribution is 2.25. The lowest BCUT2D eigenvalue weighted by molar-refractivity contribution is 0.186. The highest BCUT2D eigenvalue weighted by atomic mass is 15.3. The van der Waals surface area contributed by atoms with Crippen LogP contribution in [-0.4, -0.2) is 61.9 Å². The van der Waals surface area contributed by atoms with E-state index in [1.807, 2.05) is 29.2 Å². The maximum absolute atomic E-state index is 4.78. The predicted octanol–water partition coefficient (Wildman–Crippen LogP) is 4.19. The van der Waals surface area contributed by atoms with Crippen molar-refractivity contribution >= 4 is 16.7 Å². The summed E-state index contributed by atoms with van der Waals surface area (Å²) in [7, 11) is 0. The number of fused-ring (bicyclic) bond motifs is 1. The molecular formula is C25H29N7. The van der Waals surface area contributed by atoms with E-state index >= 15 is 0 Å². The summed E-state index contributed by atoms with van der Waals surface area (Å²) < 4.78 is 1.89. The molecule has 7 heteroatoms. The lowest BCUT2D eigenvalue weighted by atomic mass is 10.0. The Morgan fingerprint density at radius 2 is 1.59 bits per heavy atom. The number of aromatic nitrogens is 5. The van der Waals surface area contributed by atoms with E-state index in [0.29, 0.717) is 11.9 Å². The molecule has 0 atom stereocenters. The monoisotopic (exact) mass is 427 g/mol. The Balaban J connectivity index is 1.35. The SMILES string of the molecule is CCN(CC)C1CCN(c2ccc(-n3ncc4cnc(-c5ccncc5)nc43)cc2)CC1. The van der Waals surface area contributed by atoms with E-state index in [0.717, 1.165) is 48.5 Å². The molecule has 4 heterocycles. The average Bonchev–Trinajstić information content (AvgIpc) is 3.29. The molecule has 7 nitrogen and oxygen atoms in total. The molecule has 0 N–H and O–H groups in total. The minimum Gasteiger partial charge on any atom is -0.371 e. The maximum Gasteiger partial charge on any atom is 0.166 e. The van der Waals surface area contributed by atoms with Crippen LogP contribution in [-0.2, 0) is 0 Å². The molecular weight excluding hydrogens is 398 g/mol. The summed E-state index contributed by atoms with van der Waals surface area (Å²) in [6, 6.07) is 13.2. The second-order valence-corrected chi connectivity index (χ2v) is 8.22. The van der Waals surface area contributed by atoms with Crippen LogP contribution in [0, 0.1) is 0 Å². The first-order valence-corrected chi connectivity index (χ1v) is 11.5. The summed E-state index contributed by atoms with van der Waals surface area (Å²) in [5.74, 6) is 0.675. The van der Waals surface area contributed by atoms with E-state index in [1.54, 1.807) is 12.4 Å².